The molecule has 9 heavy (non-hydrogen) atoms. The number of nitrogens with one attached hydrogen (secondary N) is 2. The molecule has 2 N–H and O–H groups in total. The standard InChI is InChI=1S/C7H10N2/c1-5-4-8-7(3)9-6(5)2/h4,8-9H,2-3H2,1H3. The summed E-state index contributed by atoms with van der Waals surface area (Å²) in [5, 5.41) is 5.89. The number of allylic oxidation sites excluding steroid dienone is 1. The second kappa shape index (κ2) is 1.97. The van der Waals surface area contributed by atoms with Crippen LogP contribution in [0, 0.1) is 0 Å². The minimum Gasteiger partial charge on any atom is -0.348 e. The van der Waals surface area contributed by atoms with Gasteiger partial charge in [-0.05, 0) is 12.5 Å². The van der Waals surface area contributed by atoms with Crippen molar-refractivity contribution in [2.24, 2.45) is 0 Å². The Kier molecular flexibility index (Phi) is 1.30. The highest BCUT2D eigenvalue weighted by molar-refractivity contribution is 5.31. The monoisotopic (exact) mass is 122 g/mol. The summed E-state index contributed by atoms with van der Waals surface area (Å²) in [5.74, 6) is 0.783. The Balaban J connectivity index is 2.79. The van der Waals surface area contributed by atoms with Crippen LogP contribution in [-0.2, 0) is 0 Å². The van der Waals surface area contributed by atoms with E-state index < -0.39 is 0 Å². The fourth-order valence-corrected chi connectivity index (χ4v) is 0.599. The third-order valence-electron chi connectivity index (χ3n) is 1.24. The lowest BCUT2D eigenvalue weighted by molar-refractivity contribution is 0.835. The van der Waals surface area contributed by atoms with Gasteiger partial charge in [0, 0.05) is 11.9 Å². The molecule has 0 saturated carbocycles. The van der Waals surface area contributed by atoms with E-state index in [1.54, 1.807) is 0 Å². The average Bonchev–Trinajstić information content (AvgIpc) is 1.80. The van der Waals surface area contributed by atoms with Crippen LogP contribution in [0.4, 0.5) is 0 Å². The van der Waals surface area contributed by atoms with E-state index in [-0.39, 0.29) is 0 Å². The van der Waals surface area contributed by atoms with Crippen LogP contribution in [0.5, 0.6) is 0 Å². The summed E-state index contributed by atoms with van der Waals surface area (Å²) in [5.41, 5.74) is 2.03. The summed E-state index contributed by atoms with van der Waals surface area (Å²) in [6.07, 6.45) is 1.88. The summed E-state index contributed by atoms with van der Waals surface area (Å²) in [6, 6.07) is 0. The molecular weight excluding hydrogens is 112 g/mol. The van der Waals surface area contributed by atoms with Crippen molar-refractivity contribution < 1.29 is 0 Å². The first kappa shape index (κ1) is 5.95. The maximum Gasteiger partial charge on any atom is 0.0997 e. The van der Waals surface area contributed by atoms with E-state index in [4.69, 9.17) is 0 Å². The lowest BCUT2D eigenvalue weighted by Crippen LogP contribution is -2.26. The van der Waals surface area contributed by atoms with Gasteiger partial charge in [0.1, 0.15) is 0 Å². The molecule has 2 nitrogen and oxygen atoms in total. The Morgan fingerprint density at radius 2 is 2.11 bits per heavy atom. The van der Waals surface area contributed by atoms with Crippen LogP contribution in [0.1, 0.15) is 6.92 Å². The molecule has 0 amide bonds. The molecule has 0 spiro atoms. The first-order valence-electron chi connectivity index (χ1n) is 2.78. The van der Waals surface area contributed by atoms with Gasteiger partial charge >= 0.3 is 0 Å². The zero-order chi connectivity index (χ0) is 6.85. The van der Waals surface area contributed by atoms with E-state index in [9.17, 15) is 0 Å². The highest BCUT2D eigenvalue weighted by atomic mass is 15.1. The van der Waals surface area contributed by atoms with E-state index >= 15 is 0 Å². The normalized spacial score (nSPS) is 18.1. The molecule has 0 aromatic carbocycles. The molecular formula is C7H10N2. The smallest absolute Gasteiger partial charge is 0.0997 e. The van der Waals surface area contributed by atoms with Crippen molar-refractivity contribution in [1.29, 1.82) is 0 Å². The molecule has 0 saturated heterocycles. The van der Waals surface area contributed by atoms with Crippen molar-refractivity contribution in [2.45, 2.75) is 6.92 Å². The summed E-state index contributed by atoms with van der Waals surface area (Å²) in [4.78, 5) is 0. The molecule has 1 heterocycles. The molecule has 0 unspecified atom stereocenters. The van der Waals surface area contributed by atoms with Gasteiger partial charge in [0.2, 0.25) is 0 Å². The maximum absolute atomic E-state index is 3.77. The Labute approximate surface area is 55.0 Å². The fraction of sp³-hybridized carbons (Fsp3) is 0.143. The van der Waals surface area contributed by atoms with Gasteiger partial charge in [-0.1, -0.05) is 13.2 Å². The van der Waals surface area contributed by atoms with E-state index in [1.807, 2.05) is 13.1 Å². The summed E-state index contributed by atoms with van der Waals surface area (Å²) in [7, 11) is 0. The van der Waals surface area contributed by atoms with Gasteiger partial charge in [-0.25, -0.2) is 0 Å². The molecule has 1 aliphatic rings. The SMILES string of the molecule is C=C1NC=C(C)C(=C)N1. The molecule has 0 radical (unpaired) electrons. The van der Waals surface area contributed by atoms with Crippen molar-refractivity contribution in [3.8, 4) is 0 Å². The molecule has 1 aliphatic heterocycles. The second-order valence-electron chi connectivity index (χ2n) is 2.05. The average molecular weight is 122 g/mol. The fourth-order valence-electron chi connectivity index (χ4n) is 0.599. The minimum atomic E-state index is 0.783. The minimum absolute atomic E-state index is 0.783. The Hall–Kier alpha value is -1.18. The highest BCUT2D eigenvalue weighted by Gasteiger charge is 2.02. The van der Waals surface area contributed by atoms with Crippen LogP contribution in [0.2, 0.25) is 0 Å². The first-order chi connectivity index (χ1) is 4.20. The van der Waals surface area contributed by atoms with Gasteiger partial charge in [-0.3, -0.25) is 0 Å². The van der Waals surface area contributed by atoms with Crippen LogP contribution < -0.4 is 10.6 Å². The molecule has 2 heteroatoms. The van der Waals surface area contributed by atoms with Crippen LogP contribution in [0.15, 0.2) is 36.4 Å². The third-order valence-corrected chi connectivity index (χ3v) is 1.24. The predicted octanol–water partition coefficient (Wildman–Crippen LogP) is 1.07. The molecule has 0 atom stereocenters. The van der Waals surface area contributed by atoms with Crippen LogP contribution >= 0.6 is 0 Å². The molecule has 0 bridgehead atoms. The Morgan fingerprint density at radius 1 is 1.44 bits per heavy atom. The second-order valence-corrected chi connectivity index (χ2v) is 2.05. The van der Waals surface area contributed by atoms with Crippen LogP contribution in [0.25, 0.3) is 0 Å². The molecule has 0 fully saturated rings. The van der Waals surface area contributed by atoms with Crippen molar-refractivity contribution >= 4 is 0 Å². The number of rotatable bonds is 0. The van der Waals surface area contributed by atoms with Gasteiger partial charge in [0.05, 0.1) is 5.82 Å². The Bertz CT molecular complexity index is 189. The van der Waals surface area contributed by atoms with Crippen molar-refractivity contribution in [3.63, 3.8) is 0 Å². The van der Waals surface area contributed by atoms with Gasteiger partial charge in [-0.15, -0.1) is 0 Å². The summed E-state index contributed by atoms with van der Waals surface area (Å²) < 4.78 is 0. The van der Waals surface area contributed by atoms with Crippen molar-refractivity contribution in [2.75, 3.05) is 0 Å². The Morgan fingerprint density at radius 3 is 2.56 bits per heavy atom. The third kappa shape index (κ3) is 1.13. The lowest BCUT2D eigenvalue weighted by atomic mass is 10.2. The number of hydrogen-bond donors (Lipinski definition) is 2. The lowest BCUT2D eigenvalue weighted by Gasteiger charge is -2.17. The first-order valence-corrected chi connectivity index (χ1v) is 2.78. The topological polar surface area (TPSA) is 24.1 Å². The van der Waals surface area contributed by atoms with E-state index in [0.717, 1.165) is 17.1 Å². The van der Waals surface area contributed by atoms with Crippen molar-refractivity contribution in [1.82, 2.24) is 10.6 Å². The van der Waals surface area contributed by atoms with Crippen LogP contribution in [0.3, 0.4) is 0 Å². The largest absolute Gasteiger partial charge is 0.348 e. The van der Waals surface area contributed by atoms with Crippen molar-refractivity contribution in [3.05, 3.63) is 36.4 Å². The maximum atomic E-state index is 3.77. The highest BCUT2D eigenvalue weighted by Crippen LogP contribution is 2.06. The zero-order valence-electron chi connectivity index (χ0n) is 5.49. The summed E-state index contributed by atoms with van der Waals surface area (Å²) >= 11 is 0. The van der Waals surface area contributed by atoms with E-state index in [0.29, 0.717) is 0 Å². The number of hydrogen-bond acceptors (Lipinski definition) is 2. The van der Waals surface area contributed by atoms with Gasteiger partial charge in [0.25, 0.3) is 0 Å². The molecule has 48 valence electrons. The zero-order valence-corrected chi connectivity index (χ0v) is 5.49. The van der Waals surface area contributed by atoms with Gasteiger partial charge < -0.3 is 10.6 Å². The predicted molar refractivity (Wildman–Crippen MR) is 38.3 cm³/mol. The van der Waals surface area contributed by atoms with Gasteiger partial charge in [-0.2, -0.15) is 0 Å². The van der Waals surface area contributed by atoms with E-state index in [1.165, 1.54) is 0 Å². The molecule has 0 aromatic rings. The van der Waals surface area contributed by atoms with E-state index in [2.05, 4.69) is 23.8 Å². The quantitative estimate of drug-likeness (QED) is 0.502. The van der Waals surface area contributed by atoms with Gasteiger partial charge in [0.15, 0.2) is 0 Å². The molecule has 0 aromatic heterocycles. The van der Waals surface area contributed by atoms with Crippen LogP contribution in [-0.4, -0.2) is 0 Å². The molecule has 0 aliphatic carbocycles. The molecule has 1 rings (SSSR count). The summed E-state index contributed by atoms with van der Waals surface area (Å²) in [6.45, 7) is 9.42.